The summed E-state index contributed by atoms with van der Waals surface area (Å²) in [6, 6.07) is 8.25. The number of anilines is 1. The van der Waals surface area contributed by atoms with E-state index in [1.54, 1.807) is 13.0 Å². The van der Waals surface area contributed by atoms with Crippen LogP contribution in [0.15, 0.2) is 30.3 Å². The van der Waals surface area contributed by atoms with E-state index in [1.807, 2.05) is 18.2 Å². The average Bonchev–Trinajstić information content (AvgIpc) is 2.29. The third-order valence-electron chi connectivity index (χ3n) is 2.53. The molecule has 1 aromatic rings. The maximum atomic E-state index is 10.8. The largest absolute Gasteiger partial charge is 0.372 e. The quantitative estimate of drug-likeness (QED) is 0.706. The van der Waals surface area contributed by atoms with E-state index >= 15 is 0 Å². The van der Waals surface area contributed by atoms with Gasteiger partial charge in [0.2, 0.25) is 0 Å². The van der Waals surface area contributed by atoms with E-state index in [-0.39, 0.29) is 5.78 Å². The van der Waals surface area contributed by atoms with E-state index in [0.717, 1.165) is 18.7 Å². The molecule has 0 atom stereocenters. The molecule has 0 spiro atoms. The highest BCUT2D eigenvalue weighted by Crippen LogP contribution is 2.15. The van der Waals surface area contributed by atoms with E-state index in [9.17, 15) is 4.79 Å². The van der Waals surface area contributed by atoms with E-state index in [4.69, 9.17) is 0 Å². The summed E-state index contributed by atoms with van der Waals surface area (Å²) in [5.74, 6) is 0.0767. The Bertz CT molecular complexity index is 361. The Morgan fingerprint density at radius 2 is 1.75 bits per heavy atom. The zero-order valence-electron chi connectivity index (χ0n) is 10.2. The second-order valence-corrected chi connectivity index (χ2v) is 3.71. The maximum Gasteiger partial charge on any atom is 0.152 e. The van der Waals surface area contributed by atoms with Crippen molar-refractivity contribution in [3.05, 3.63) is 35.9 Å². The number of carbonyl (C=O) groups excluding carboxylic acids is 1. The number of carbonyl (C=O) groups is 1. The first-order valence-corrected chi connectivity index (χ1v) is 5.71. The van der Waals surface area contributed by atoms with Gasteiger partial charge in [-0.25, -0.2) is 0 Å². The highest BCUT2D eigenvalue weighted by atomic mass is 16.1. The van der Waals surface area contributed by atoms with Crippen molar-refractivity contribution in [2.75, 3.05) is 18.0 Å². The van der Waals surface area contributed by atoms with Gasteiger partial charge in [0.05, 0.1) is 0 Å². The number of hydrogen-bond acceptors (Lipinski definition) is 2. The summed E-state index contributed by atoms with van der Waals surface area (Å²) in [6.45, 7) is 7.87. The van der Waals surface area contributed by atoms with Crippen molar-refractivity contribution >= 4 is 17.5 Å². The van der Waals surface area contributed by atoms with Crippen LogP contribution in [0, 0.1) is 0 Å². The van der Waals surface area contributed by atoms with Crippen LogP contribution in [0.1, 0.15) is 26.3 Å². The van der Waals surface area contributed by atoms with Crippen molar-refractivity contribution < 1.29 is 4.79 Å². The number of benzene rings is 1. The molecule has 0 saturated heterocycles. The molecule has 0 aliphatic heterocycles. The van der Waals surface area contributed by atoms with Gasteiger partial charge in [-0.3, -0.25) is 4.79 Å². The van der Waals surface area contributed by atoms with Crippen molar-refractivity contribution in [3.8, 4) is 0 Å². The van der Waals surface area contributed by atoms with Gasteiger partial charge >= 0.3 is 0 Å². The molecule has 1 aromatic carbocycles. The van der Waals surface area contributed by atoms with E-state index < -0.39 is 0 Å². The standard InChI is InChI=1S/C14H19NO/c1-4-15(5-2)14-10-8-13(9-11-14)7-6-12(3)16/h6-11H,4-5H2,1-3H3/b7-6+. The molecule has 16 heavy (non-hydrogen) atoms. The van der Waals surface area contributed by atoms with Crippen LogP contribution in [0.4, 0.5) is 5.69 Å². The second kappa shape index (κ2) is 6.11. The first kappa shape index (κ1) is 12.5. The molecule has 0 fully saturated rings. The van der Waals surface area contributed by atoms with Crippen LogP contribution in [0.5, 0.6) is 0 Å². The molecule has 0 heterocycles. The lowest BCUT2D eigenvalue weighted by Gasteiger charge is -2.20. The zero-order chi connectivity index (χ0) is 12.0. The first-order valence-electron chi connectivity index (χ1n) is 5.71. The summed E-state index contributed by atoms with van der Waals surface area (Å²) in [5, 5.41) is 0. The van der Waals surface area contributed by atoms with Gasteiger partial charge in [-0.05, 0) is 44.5 Å². The Balaban J connectivity index is 2.78. The molecule has 0 saturated carbocycles. The topological polar surface area (TPSA) is 20.3 Å². The molecule has 0 unspecified atom stereocenters. The normalized spacial score (nSPS) is 10.7. The predicted molar refractivity (Wildman–Crippen MR) is 69.7 cm³/mol. The minimum Gasteiger partial charge on any atom is -0.372 e. The van der Waals surface area contributed by atoms with Gasteiger partial charge in [0, 0.05) is 18.8 Å². The van der Waals surface area contributed by atoms with Gasteiger partial charge in [0.25, 0.3) is 0 Å². The molecule has 0 bridgehead atoms. The van der Waals surface area contributed by atoms with Crippen LogP contribution in [-0.4, -0.2) is 18.9 Å². The Hall–Kier alpha value is -1.57. The van der Waals surface area contributed by atoms with Crippen LogP contribution < -0.4 is 4.90 Å². The number of hydrogen-bond donors (Lipinski definition) is 0. The molecule has 0 aliphatic carbocycles. The first-order chi connectivity index (χ1) is 7.67. The molecule has 1 rings (SSSR count). The van der Waals surface area contributed by atoms with Crippen molar-refractivity contribution in [1.82, 2.24) is 0 Å². The number of nitrogens with zero attached hydrogens (tertiary/aromatic N) is 1. The van der Waals surface area contributed by atoms with Gasteiger partial charge in [0.15, 0.2) is 5.78 Å². The third kappa shape index (κ3) is 3.54. The van der Waals surface area contributed by atoms with Gasteiger partial charge in [-0.2, -0.15) is 0 Å². The summed E-state index contributed by atoms with van der Waals surface area (Å²) in [5.41, 5.74) is 2.29. The fraction of sp³-hybridized carbons (Fsp3) is 0.357. The van der Waals surface area contributed by atoms with Gasteiger partial charge in [-0.1, -0.05) is 18.2 Å². The highest BCUT2D eigenvalue weighted by molar-refractivity contribution is 5.91. The lowest BCUT2D eigenvalue weighted by molar-refractivity contribution is -0.112. The Kier molecular flexibility index (Phi) is 4.77. The van der Waals surface area contributed by atoms with E-state index in [1.165, 1.54) is 5.69 Å². The Morgan fingerprint density at radius 3 is 2.19 bits per heavy atom. The highest BCUT2D eigenvalue weighted by Gasteiger charge is 1.99. The minimum atomic E-state index is 0.0767. The predicted octanol–water partition coefficient (Wildman–Crippen LogP) is 3.14. The monoisotopic (exact) mass is 217 g/mol. The number of ketones is 1. The molecule has 0 amide bonds. The van der Waals surface area contributed by atoms with Gasteiger partial charge < -0.3 is 4.90 Å². The SMILES string of the molecule is CCN(CC)c1ccc(/C=C/C(C)=O)cc1. The molecule has 0 radical (unpaired) electrons. The average molecular weight is 217 g/mol. The molecular formula is C14H19NO. The number of allylic oxidation sites excluding steroid dienone is 1. The summed E-state index contributed by atoms with van der Waals surface area (Å²) in [4.78, 5) is 13.1. The van der Waals surface area contributed by atoms with E-state index in [0.29, 0.717) is 0 Å². The smallest absolute Gasteiger partial charge is 0.152 e. The Labute approximate surface area is 97.6 Å². The molecule has 2 nitrogen and oxygen atoms in total. The zero-order valence-corrected chi connectivity index (χ0v) is 10.2. The molecule has 2 heteroatoms. The van der Waals surface area contributed by atoms with Crippen LogP contribution in [-0.2, 0) is 4.79 Å². The van der Waals surface area contributed by atoms with Crippen LogP contribution in [0.2, 0.25) is 0 Å². The molecular weight excluding hydrogens is 198 g/mol. The minimum absolute atomic E-state index is 0.0767. The van der Waals surface area contributed by atoms with Crippen LogP contribution in [0.25, 0.3) is 6.08 Å². The van der Waals surface area contributed by atoms with Crippen molar-refractivity contribution in [1.29, 1.82) is 0 Å². The lowest BCUT2D eigenvalue weighted by atomic mass is 10.1. The van der Waals surface area contributed by atoms with E-state index in [2.05, 4.69) is 30.9 Å². The molecule has 86 valence electrons. The van der Waals surface area contributed by atoms with Crippen molar-refractivity contribution in [3.63, 3.8) is 0 Å². The second-order valence-electron chi connectivity index (χ2n) is 3.71. The summed E-state index contributed by atoms with van der Waals surface area (Å²) in [7, 11) is 0. The van der Waals surface area contributed by atoms with Crippen LogP contribution >= 0.6 is 0 Å². The van der Waals surface area contributed by atoms with Crippen LogP contribution in [0.3, 0.4) is 0 Å². The molecule has 0 aromatic heterocycles. The maximum absolute atomic E-state index is 10.8. The third-order valence-corrected chi connectivity index (χ3v) is 2.53. The summed E-state index contributed by atoms with van der Waals surface area (Å²) < 4.78 is 0. The molecule has 0 aliphatic rings. The number of rotatable bonds is 5. The van der Waals surface area contributed by atoms with Gasteiger partial charge in [0.1, 0.15) is 0 Å². The summed E-state index contributed by atoms with van der Waals surface area (Å²) >= 11 is 0. The Morgan fingerprint density at radius 1 is 1.19 bits per heavy atom. The summed E-state index contributed by atoms with van der Waals surface area (Å²) in [6.07, 6.45) is 3.43. The lowest BCUT2D eigenvalue weighted by Crippen LogP contribution is -2.21. The van der Waals surface area contributed by atoms with Crippen molar-refractivity contribution in [2.24, 2.45) is 0 Å². The molecule has 0 N–H and O–H groups in total. The fourth-order valence-corrected chi connectivity index (χ4v) is 1.60. The van der Waals surface area contributed by atoms with Crippen molar-refractivity contribution in [2.45, 2.75) is 20.8 Å². The fourth-order valence-electron chi connectivity index (χ4n) is 1.60. The van der Waals surface area contributed by atoms with Gasteiger partial charge in [-0.15, -0.1) is 0 Å².